The van der Waals surface area contributed by atoms with Crippen molar-refractivity contribution in [1.29, 1.82) is 0 Å². The van der Waals surface area contributed by atoms with Crippen molar-refractivity contribution in [2.24, 2.45) is 0 Å². The largest absolute Gasteiger partial charge is 0.389 e. The standard InChI is InChI=1S/C10H13F2NO/c1-10(2,14)6-13-7-3-4-8(11)9(12)5-7/h3-5,13-14H,6H2,1-2H3. The first-order valence-corrected chi connectivity index (χ1v) is 4.30. The molecule has 0 radical (unpaired) electrons. The second kappa shape index (κ2) is 3.92. The van der Waals surface area contributed by atoms with Crippen LogP contribution in [0.25, 0.3) is 0 Å². The monoisotopic (exact) mass is 201 g/mol. The SMILES string of the molecule is CC(C)(O)CNc1ccc(F)c(F)c1. The Hall–Kier alpha value is -1.16. The van der Waals surface area contributed by atoms with Crippen molar-refractivity contribution in [3.05, 3.63) is 29.8 Å². The predicted octanol–water partition coefficient (Wildman–Crippen LogP) is 2.15. The van der Waals surface area contributed by atoms with Crippen LogP contribution in [-0.2, 0) is 0 Å². The second-order valence-corrected chi connectivity index (χ2v) is 3.79. The fourth-order valence-corrected chi connectivity index (χ4v) is 0.924. The van der Waals surface area contributed by atoms with Crippen LogP contribution in [0, 0.1) is 11.6 Å². The summed E-state index contributed by atoms with van der Waals surface area (Å²) in [5.41, 5.74) is -0.434. The molecule has 0 spiro atoms. The summed E-state index contributed by atoms with van der Waals surface area (Å²) in [6.07, 6.45) is 0. The Bertz CT molecular complexity index is 320. The van der Waals surface area contributed by atoms with E-state index >= 15 is 0 Å². The summed E-state index contributed by atoms with van der Waals surface area (Å²) in [6, 6.07) is 3.52. The number of nitrogens with one attached hydrogen (secondary N) is 1. The van der Waals surface area contributed by atoms with Crippen LogP contribution in [0.5, 0.6) is 0 Å². The van der Waals surface area contributed by atoms with Crippen molar-refractivity contribution in [2.75, 3.05) is 11.9 Å². The number of hydrogen-bond donors (Lipinski definition) is 2. The first-order chi connectivity index (χ1) is 6.38. The second-order valence-electron chi connectivity index (χ2n) is 3.79. The Morgan fingerprint density at radius 3 is 2.43 bits per heavy atom. The van der Waals surface area contributed by atoms with Gasteiger partial charge in [-0.3, -0.25) is 0 Å². The van der Waals surface area contributed by atoms with Crippen LogP contribution in [0.3, 0.4) is 0 Å². The molecule has 0 fully saturated rings. The maximum atomic E-state index is 12.7. The topological polar surface area (TPSA) is 32.3 Å². The van der Waals surface area contributed by atoms with E-state index in [1.54, 1.807) is 13.8 Å². The van der Waals surface area contributed by atoms with Gasteiger partial charge in [-0.2, -0.15) is 0 Å². The quantitative estimate of drug-likeness (QED) is 0.785. The number of halogens is 2. The average molecular weight is 201 g/mol. The Morgan fingerprint density at radius 1 is 1.29 bits per heavy atom. The van der Waals surface area contributed by atoms with Gasteiger partial charge in [0.05, 0.1) is 5.60 Å². The summed E-state index contributed by atoms with van der Waals surface area (Å²) in [4.78, 5) is 0. The third-order valence-electron chi connectivity index (χ3n) is 1.64. The van der Waals surface area contributed by atoms with Gasteiger partial charge >= 0.3 is 0 Å². The summed E-state index contributed by atoms with van der Waals surface area (Å²) in [6.45, 7) is 3.53. The summed E-state index contributed by atoms with van der Waals surface area (Å²) < 4.78 is 25.2. The number of anilines is 1. The third-order valence-corrected chi connectivity index (χ3v) is 1.64. The Morgan fingerprint density at radius 2 is 1.93 bits per heavy atom. The van der Waals surface area contributed by atoms with E-state index in [1.165, 1.54) is 6.07 Å². The lowest BCUT2D eigenvalue weighted by molar-refractivity contribution is 0.0945. The molecule has 0 amide bonds. The van der Waals surface area contributed by atoms with Crippen molar-refractivity contribution in [2.45, 2.75) is 19.4 Å². The zero-order chi connectivity index (χ0) is 10.8. The molecule has 1 aromatic carbocycles. The summed E-state index contributed by atoms with van der Waals surface area (Å²) in [5.74, 6) is -1.77. The fourth-order valence-electron chi connectivity index (χ4n) is 0.924. The molecular formula is C10H13F2NO. The van der Waals surface area contributed by atoms with E-state index in [0.29, 0.717) is 5.69 Å². The maximum absolute atomic E-state index is 12.7. The minimum absolute atomic E-state index is 0.276. The molecular weight excluding hydrogens is 188 g/mol. The average Bonchev–Trinajstić information content (AvgIpc) is 2.06. The molecule has 0 aliphatic rings. The third kappa shape index (κ3) is 3.30. The molecule has 0 saturated carbocycles. The summed E-state index contributed by atoms with van der Waals surface area (Å²) in [5, 5.41) is 12.2. The van der Waals surface area contributed by atoms with Gasteiger partial charge in [0.25, 0.3) is 0 Å². The summed E-state index contributed by atoms with van der Waals surface area (Å²) >= 11 is 0. The first-order valence-electron chi connectivity index (χ1n) is 4.30. The lowest BCUT2D eigenvalue weighted by atomic mass is 10.1. The van der Waals surface area contributed by atoms with Gasteiger partial charge in [-0.05, 0) is 26.0 Å². The molecule has 1 aromatic rings. The van der Waals surface area contributed by atoms with Crippen LogP contribution in [0.4, 0.5) is 14.5 Å². The number of hydrogen-bond acceptors (Lipinski definition) is 2. The van der Waals surface area contributed by atoms with E-state index in [-0.39, 0.29) is 6.54 Å². The molecule has 2 nitrogen and oxygen atoms in total. The Kier molecular flexibility index (Phi) is 3.06. The number of rotatable bonds is 3. The van der Waals surface area contributed by atoms with E-state index in [2.05, 4.69) is 5.32 Å². The summed E-state index contributed by atoms with van der Waals surface area (Å²) in [7, 11) is 0. The van der Waals surface area contributed by atoms with Crippen molar-refractivity contribution in [3.63, 3.8) is 0 Å². The van der Waals surface area contributed by atoms with E-state index in [1.807, 2.05) is 0 Å². The molecule has 0 heterocycles. The van der Waals surface area contributed by atoms with Gasteiger partial charge in [0, 0.05) is 18.3 Å². The van der Waals surface area contributed by atoms with Crippen LogP contribution in [0.2, 0.25) is 0 Å². The smallest absolute Gasteiger partial charge is 0.160 e. The molecule has 4 heteroatoms. The van der Waals surface area contributed by atoms with Crippen LogP contribution in [-0.4, -0.2) is 17.3 Å². The normalized spacial score (nSPS) is 11.5. The van der Waals surface area contributed by atoms with Crippen molar-refractivity contribution in [1.82, 2.24) is 0 Å². The Labute approximate surface area is 81.6 Å². The molecule has 2 N–H and O–H groups in total. The highest BCUT2D eigenvalue weighted by molar-refractivity contribution is 5.43. The zero-order valence-electron chi connectivity index (χ0n) is 8.14. The van der Waals surface area contributed by atoms with Gasteiger partial charge < -0.3 is 10.4 Å². The van der Waals surface area contributed by atoms with Crippen molar-refractivity contribution >= 4 is 5.69 Å². The zero-order valence-corrected chi connectivity index (χ0v) is 8.14. The highest BCUT2D eigenvalue weighted by Gasteiger charge is 2.12. The minimum Gasteiger partial charge on any atom is -0.389 e. The molecule has 0 bridgehead atoms. The molecule has 0 aliphatic heterocycles. The van der Waals surface area contributed by atoms with Gasteiger partial charge in [-0.25, -0.2) is 8.78 Å². The van der Waals surface area contributed by atoms with Crippen LogP contribution >= 0.6 is 0 Å². The van der Waals surface area contributed by atoms with E-state index in [0.717, 1.165) is 12.1 Å². The molecule has 0 aromatic heterocycles. The maximum Gasteiger partial charge on any atom is 0.160 e. The van der Waals surface area contributed by atoms with Gasteiger partial charge in [0.1, 0.15) is 0 Å². The van der Waals surface area contributed by atoms with Gasteiger partial charge in [0.2, 0.25) is 0 Å². The van der Waals surface area contributed by atoms with Crippen LogP contribution in [0.1, 0.15) is 13.8 Å². The van der Waals surface area contributed by atoms with Crippen molar-refractivity contribution in [3.8, 4) is 0 Å². The van der Waals surface area contributed by atoms with Crippen LogP contribution in [0.15, 0.2) is 18.2 Å². The molecule has 14 heavy (non-hydrogen) atoms. The molecule has 78 valence electrons. The van der Waals surface area contributed by atoms with E-state index < -0.39 is 17.2 Å². The molecule has 0 saturated heterocycles. The van der Waals surface area contributed by atoms with Crippen molar-refractivity contribution < 1.29 is 13.9 Å². The lowest BCUT2D eigenvalue weighted by Gasteiger charge is -2.18. The first kappa shape index (κ1) is 10.9. The van der Waals surface area contributed by atoms with Gasteiger partial charge in [0.15, 0.2) is 11.6 Å². The minimum atomic E-state index is -0.897. The van der Waals surface area contributed by atoms with E-state index in [4.69, 9.17) is 0 Å². The fraction of sp³-hybridized carbons (Fsp3) is 0.400. The molecule has 1 rings (SSSR count). The molecule has 0 atom stereocenters. The van der Waals surface area contributed by atoms with Gasteiger partial charge in [-0.1, -0.05) is 0 Å². The number of benzene rings is 1. The Balaban J connectivity index is 2.65. The lowest BCUT2D eigenvalue weighted by Crippen LogP contribution is -2.29. The van der Waals surface area contributed by atoms with Gasteiger partial charge in [-0.15, -0.1) is 0 Å². The molecule has 0 unspecified atom stereocenters. The number of aliphatic hydroxyl groups is 1. The van der Waals surface area contributed by atoms with E-state index in [9.17, 15) is 13.9 Å². The highest BCUT2D eigenvalue weighted by Crippen LogP contribution is 2.14. The molecule has 0 aliphatic carbocycles. The highest BCUT2D eigenvalue weighted by atomic mass is 19.2. The van der Waals surface area contributed by atoms with Crippen LogP contribution < -0.4 is 5.32 Å². The predicted molar refractivity (Wildman–Crippen MR) is 51.1 cm³/mol.